The van der Waals surface area contributed by atoms with E-state index in [2.05, 4.69) is 15.6 Å². The summed E-state index contributed by atoms with van der Waals surface area (Å²) in [7, 11) is 1.45. The molecule has 0 unspecified atom stereocenters. The average molecular weight is 368 g/mol. The zero-order valence-electron chi connectivity index (χ0n) is 13.6. The monoisotopic (exact) mass is 367 g/mol. The first kappa shape index (κ1) is 18.2. The molecule has 0 saturated carbocycles. The van der Waals surface area contributed by atoms with Crippen LogP contribution < -0.4 is 15.4 Å². The number of amides is 2. The molecule has 0 bridgehead atoms. The zero-order valence-corrected chi connectivity index (χ0v) is 15.1. The summed E-state index contributed by atoms with van der Waals surface area (Å²) >= 11 is 7.51. The summed E-state index contributed by atoms with van der Waals surface area (Å²) in [5.74, 6) is 0.0139. The quantitative estimate of drug-likeness (QED) is 0.807. The average Bonchev–Trinajstić information content (AvgIpc) is 3.00. The Morgan fingerprint density at radius 3 is 2.67 bits per heavy atom. The number of halogens is 1. The standard InChI is InChI=1S/C16H18ClN3O3S/c1-9(2)6-14(21)19-12-8-13(23-3)10(7-11(12)17)15(22)20-16-18-4-5-24-16/h4-5,7-9H,6H2,1-3H3,(H,19,21)(H,18,20,22). The number of carbonyl (C=O) groups is 2. The van der Waals surface area contributed by atoms with Crippen LogP contribution in [0.2, 0.25) is 5.02 Å². The highest BCUT2D eigenvalue weighted by atomic mass is 35.5. The van der Waals surface area contributed by atoms with Gasteiger partial charge in [-0.05, 0) is 12.0 Å². The minimum absolute atomic E-state index is 0.144. The van der Waals surface area contributed by atoms with E-state index in [4.69, 9.17) is 16.3 Å². The predicted octanol–water partition coefficient (Wildman–Crippen LogP) is 4.04. The second-order valence-corrected chi connectivity index (χ2v) is 6.77. The maximum atomic E-state index is 12.4. The van der Waals surface area contributed by atoms with Crippen molar-refractivity contribution in [1.82, 2.24) is 4.98 Å². The van der Waals surface area contributed by atoms with Gasteiger partial charge in [0.1, 0.15) is 5.75 Å². The number of hydrogen-bond acceptors (Lipinski definition) is 5. The number of anilines is 2. The molecule has 0 aliphatic heterocycles. The summed E-state index contributed by atoms with van der Waals surface area (Å²) in [5.41, 5.74) is 0.671. The first-order valence-electron chi connectivity index (χ1n) is 7.29. The molecule has 1 heterocycles. The molecule has 0 fully saturated rings. The Morgan fingerprint density at radius 1 is 1.33 bits per heavy atom. The minimum atomic E-state index is -0.385. The number of nitrogens with one attached hydrogen (secondary N) is 2. The molecule has 2 amide bonds. The summed E-state index contributed by atoms with van der Waals surface area (Å²) in [4.78, 5) is 28.3. The highest BCUT2D eigenvalue weighted by molar-refractivity contribution is 7.13. The van der Waals surface area contributed by atoms with Crippen LogP contribution in [-0.2, 0) is 4.79 Å². The highest BCUT2D eigenvalue weighted by Gasteiger charge is 2.18. The summed E-state index contributed by atoms with van der Waals surface area (Å²) in [5, 5.41) is 7.90. The lowest BCUT2D eigenvalue weighted by molar-refractivity contribution is -0.116. The summed E-state index contributed by atoms with van der Waals surface area (Å²) in [6, 6.07) is 3.01. The predicted molar refractivity (Wildman–Crippen MR) is 96.2 cm³/mol. The molecule has 0 aliphatic rings. The van der Waals surface area contributed by atoms with Gasteiger partial charge < -0.3 is 10.1 Å². The molecular formula is C16H18ClN3O3S. The van der Waals surface area contributed by atoms with Crippen LogP contribution in [0.15, 0.2) is 23.7 Å². The molecule has 0 spiro atoms. The number of thiazole rings is 1. The van der Waals surface area contributed by atoms with Gasteiger partial charge in [-0.1, -0.05) is 25.4 Å². The van der Waals surface area contributed by atoms with Gasteiger partial charge in [-0.25, -0.2) is 4.98 Å². The normalized spacial score (nSPS) is 10.5. The van der Waals surface area contributed by atoms with E-state index in [0.29, 0.717) is 23.0 Å². The molecule has 0 radical (unpaired) electrons. The molecule has 1 aromatic carbocycles. The Bertz CT molecular complexity index is 732. The third-order valence-corrected chi connectivity index (χ3v) is 4.06. The molecule has 0 saturated heterocycles. The topological polar surface area (TPSA) is 80.3 Å². The van der Waals surface area contributed by atoms with E-state index in [9.17, 15) is 9.59 Å². The maximum Gasteiger partial charge on any atom is 0.261 e. The van der Waals surface area contributed by atoms with Gasteiger partial charge in [0.15, 0.2) is 5.13 Å². The molecule has 0 atom stereocenters. The van der Waals surface area contributed by atoms with Crippen LogP contribution in [0.5, 0.6) is 5.75 Å². The van der Waals surface area contributed by atoms with E-state index >= 15 is 0 Å². The van der Waals surface area contributed by atoms with Gasteiger partial charge in [-0.2, -0.15) is 0 Å². The second-order valence-electron chi connectivity index (χ2n) is 5.47. The van der Waals surface area contributed by atoms with Crippen molar-refractivity contribution < 1.29 is 14.3 Å². The van der Waals surface area contributed by atoms with Gasteiger partial charge in [0.05, 0.1) is 23.4 Å². The van der Waals surface area contributed by atoms with Crippen molar-refractivity contribution in [2.45, 2.75) is 20.3 Å². The van der Waals surface area contributed by atoms with Crippen molar-refractivity contribution >= 4 is 45.6 Å². The molecule has 0 aliphatic carbocycles. The summed E-state index contributed by atoms with van der Waals surface area (Å²) in [6.45, 7) is 3.90. The van der Waals surface area contributed by atoms with Crippen molar-refractivity contribution in [1.29, 1.82) is 0 Å². The van der Waals surface area contributed by atoms with Crippen LogP contribution in [0.4, 0.5) is 10.8 Å². The minimum Gasteiger partial charge on any atom is -0.496 e. The Balaban J connectivity index is 2.23. The van der Waals surface area contributed by atoms with Gasteiger partial charge in [-0.15, -0.1) is 11.3 Å². The Labute approximate surface area is 149 Å². The number of aromatic nitrogens is 1. The van der Waals surface area contributed by atoms with Gasteiger partial charge in [0.25, 0.3) is 5.91 Å². The van der Waals surface area contributed by atoms with Crippen molar-refractivity contribution in [2.24, 2.45) is 5.92 Å². The molecule has 1 aromatic heterocycles. The van der Waals surface area contributed by atoms with Crippen LogP contribution in [0.1, 0.15) is 30.6 Å². The molecule has 128 valence electrons. The maximum absolute atomic E-state index is 12.4. The lowest BCUT2D eigenvalue weighted by atomic mass is 10.1. The number of methoxy groups -OCH3 is 1. The lowest BCUT2D eigenvalue weighted by Crippen LogP contribution is -2.16. The van der Waals surface area contributed by atoms with E-state index in [0.717, 1.165) is 0 Å². The van der Waals surface area contributed by atoms with Crippen LogP contribution in [0, 0.1) is 5.92 Å². The van der Waals surface area contributed by atoms with Gasteiger partial charge in [0, 0.05) is 24.1 Å². The number of ether oxygens (including phenoxy) is 1. The molecule has 24 heavy (non-hydrogen) atoms. The van der Waals surface area contributed by atoms with E-state index in [-0.39, 0.29) is 28.3 Å². The van der Waals surface area contributed by atoms with Gasteiger partial charge >= 0.3 is 0 Å². The molecule has 2 aromatic rings. The summed E-state index contributed by atoms with van der Waals surface area (Å²) in [6.07, 6.45) is 1.97. The largest absolute Gasteiger partial charge is 0.496 e. The molecule has 6 nitrogen and oxygen atoms in total. The first-order chi connectivity index (χ1) is 11.4. The van der Waals surface area contributed by atoms with Crippen molar-refractivity contribution in [3.05, 3.63) is 34.3 Å². The Hall–Kier alpha value is -2.12. The van der Waals surface area contributed by atoms with Crippen LogP contribution >= 0.6 is 22.9 Å². The summed E-state index contributed by atoms with van der Waals surface area (Å²) < 4.78 is 5.26. The first-order valence-corrected chi connectivity index (χ1v) is 8.54. The van der Waals surface area contributed by atoms with E-state index in [1.165, 1.54) is 30.6 Å². The lowest BCUT2D eigenvalue weighted by Gasteiger charge is -2.13. The van der Waals surface area contributed by atoms with Crippen molar-refractivity contribution in [3.8, 4) is 5.75 Å². The zero-order chi connectivity index (χ0) is 17.7. The van der Waals surface area contributed by atoms with E-state index in [1.807, 2.05) is 13.8 Å². The van der Waals surface area contributed by atoms with Crippen molar-refractivity contribution in [2.75, 3.05) is 17.7 Å². The van der Waals surface area contributed by atoms with Crippen LogP contribution in [0.3, 0.4) is 0 Å². The Morgan fingerprint density at radius 2 is 2.08 bits per heavy atom. The smallest absolute Gasteiger partial charge is 0.261 e. The third-order valence-electron chi connectivity index (χ3n) is 3.05. The van der Waals surface area contributed by atoms with Crippen LogP contribution in [-0.4, -0.2) is 23.9 Å². The fourth-order valence-electron chi connectivity index (χ4n) is 2.02. The van der Waals surface area contributed by atoms with Gasteiger partial charge in [0.2, 0.25) is 5.91 Å². The van der Waals surface area contributed by atoms with Crippen molar-refractivity contribution in [3.63, 3.8) is 0 Å². The number of rotatable bonds is 6. The molecule has 2 N–H and O–H groups in total. The Kier molecular flexibility index (Phi) is 6.16. The molecule has 2 rings (SSSR count). The highest BCUT2D eigenvalue weighted by Crippen LogP contribution is 2.32. The van der Waals surface area contributed by atoms with E-state index < -0.39 is 0 Å². The van der Waals surface area contributed by atoms with E-state index in [1.54, 1.807) is 11.6 Å². The fourth-order valence-corrected chi connectivity index (χ4v) is 2.75. The number of hydrogen-bond donors (Lipinski definition) is 2. The number of nitrogens with zero attached hydrogens (tertiary/aromatic N) is 1. The number of benzene rings is 1. The molecular weight excluding hydrogens is 350 g/mol. The molecule has 8 heteroatoms. The van der Waals surface area contributed by atoms with Gasteiger partial charge in [-0.3, -0.25) is 14.9 Å². The SMILES string of the molecule is COc1cc(NC(=O)CC(C)C)c(Cl)cc1C(=O)Nc1nccs1. The van der Waals surface area contributed by atoms with Crippen LogP contribution in [0.25, 0.3) is 0 Å². The fraction of sp³-hybridized carbons (Fsp3) is 0.312. The third kappa shape index (κ3) is 4.69. The number of carbonyl (C=O) groups excluding carboxylic acids is 2. The second kappa shape index (κ2) is 8.12.